The van der Waals surface area contributed by atoms with Crippen LogP contribution in [-0.2, 0) is 20.6 Å². The monoisotopic (exact) mass is 343 g/mol. The van der Waals surface area contributed by atoms with E-state index in [0.717, 1.165) is 0 Å². The number of aliphatic carboxylic acids is 1. The van der Waals surface area contributed by atoms with E-state index in [-0.39, 0.29) is 24.2 Å². The largest absolute Gasteiger partial charge is 0.477 e. The second kappa shape index (κ2) is 6.42. The molecule has 0 aromatic carbocycles. The summed E-state index contributed by atoms with van der Waals surface area (Å²) in [6.45, 7) is 0.730. The van der Waals surface area contributed by atoms with Gasteiger partial charge in [0.1, 0.15) is 22.1 Å². The number of nitrogens with two attached hydrogens (primary N) is 2. The standard InChI is InChI=1S/C14H22N4O4S/c1-18(2,8-11(15)19)7-3-4-9-5-6-10-13(16)23(22)17(10)12(9)14(20)21/h3-4,10,13H,5-8,16H2,1-2H3,(H2-,15,19,20,21)/p+1/b4-3+/t10-,13-,23?/m1/s1. The predicted octanol–water partition coefficient (Wildman–Crippen LogP) is -1.13. The molecular weight excluding hydrogens is 320 g/mol. The number of carboxylic acid groups (broad SMARTS) is 1. The second-order valence-corrected chi connectivity index (χ2v) is 7.99. The Morgan fingerprint density at radius 2 is 2.13 bits per heavy atom. The van der Waals surface area contributed by atoms with Crippen molar-refractivity contribution in [2.24, 2.45) is 11.5 Å². The lowest BCUT2D eigenvalue weighted by molar-refractivity contribution is -0.876. The summed E-state index contributed by atoms with van der Waals surface area (Å²) in [5, 5.41) is 8.95. The third kappa shape index (κ3) is 3.62. The molecule has 1 amide bonds. The summed E-state index contributed by atoms with van der Waals surface area (Å²) in [6, 6.07) is -0.166. The number of hydrogen-bond donors (Lipinski definition) is 3. The zero-order valence-corrected chi connectivity index (χ0v) is 14.1. The summed E-state index contributed by atoms with van der Waals surface area (Å²) < 4.78 is 13.7. The van der Waals surface area contributed by atoms with E-state index in [2.05, 4.69) is 0 Å². The number of primary amides is 1. The minimum Gasteiger partial charge on any atom is -0.477 e. The first-order valence-electron chi connectivity index (χ1n) is 7.33. The Hall–Kier alpha value is -1.71. The van der Waals surface area contributed by atoms with Crippen molar-refractivity contribution in [1.82, 2.24) is 4.31 Å². The van der Waals surface area contributed by atoms with Crippen molar-refractivity contribution in [3.8, 4) is 0 Å². The maximum absolute atomic E-state index is 11.9. The van der Waals surface area contributed by atoms with E-state index in [1.54, 1.807) is 6.08 Å². The van der Waals surface area contributed by atoms with Crippen molar-refractivity contribution in [2.45, 2.75) is 24.3 Å². The molecule has 1 saturated heterocycles. The number of carboxylic acids is 1. The number of likely N-dealkylation sites (N-methyl/N-ethyl adjacent to an activating group) is 1. The number of nitrogens with zero attached hydrogens (tertiary/aromatic N) is 2. The van der Waals surface area contributed by atoms with Gasteiger partial charge < -0.3 is 21.1 Å². The van der Waals surface area contributed by atoms with E-state index < -0.39 is 22.3 Å². The van der Waals surface area contributed by atoms with E-state index in [0.29, 0.717) is 29.4 Å². The van der Waals surface area contributed by atoms with Gasteiger partial charge in [-0.1, -0.05) is 6.08 Å². The quantitative estimate of drug-likeness (QED) is 0.526. The fourth-order valence-electron chi connectivity index (χ4n) is 2.93. The average molecular weight is 343 g/mol. The fraction of sp³-hybridized carbons (Fsp3) is 0.571. The van der Waals surface area contributed by atoms with Crippen LogP contribution < -0.4 is 11.5 Å². The first-order chi connectivity index (χ1) is 10.6. The molecule has 0 aromatic heterocycles. The highest BCUT2D eigenvalue weighted by molar-refractivity contribution is 7.84. The summed E-state index contributed by atoms with van der Waals surface area (Å²) in [7, 11) is 2.24. The molecule has 9 heteroatoms. The maximum Gasteiger partial charge on any atom is 0.353 e. The summed E-state index contributed by atoms with van der Waals surface area (Å²) in [6.07, 6.45) is 4.82. The highest BCUT2D eigenvalue weighted by Gasteiger charge is 2.49. The molecule has 1 fully saturated rings. The first-order valence-corrected chi connectivity index (χ1v) is 8.50. The van der Waals surface area contributed by atoms with Crippen molar-refractivity contribution in [2.75, 3.05) is 27.2 Å². The van der Waals surface area contributed by atoms with Gasteiger partial charge in [-0.05, 0) is 24.5 Å². The summed E-state index contributed by atoms with van der Waals surface area (Å²) in [5.74, 6) is -1.49. The third-order valence-electron chi connectivity index (χ3n) is 4.05. The Balaban J connectivity index is 2.16. The molecule has 2 heterocycles. The highest BCUT2D eigenvalue weighted by Crippen LogP contribution is 2.38. The number of rotatable bonds is 6. The normalized spacial score (nSPS) is 27.8. The van der Waals surface area contributed by atoms with Crippen molar-refractivity contribution >= 4 is 22.9 Å². The number of fused-ring (bicyclic) bond motifs is 1. The molecule has 0 radical (unpaired) electrons. The highest BCUT2D eigenvalue weighted by atomic mass is 32.2. The molecular formula is C14H23N4O4S+. The van der Waals surface area contributed by atoms with Gasteiger partial charge in [-0.2, -0.15) is 0 Å². The van der Waals surface area contributed by atoms with Crippen molar-refractivity contribution < 1.29 is 23.4 Å². The van der Waals surface area contributed by atoms with Crippen LogP contribution in [0.3, 0.4) is 0 Å². The van der Waals surface area contributed by atoms with Crippen LogP contribution in [0.25, 0.3) is 0 Å². The summed E-state index contributed by atoms with van der Waals surface area (Å²) in [4.78, 5) is 22.6. The molecule has 0 aliphatic carbocycles. The second-order valence-electron chi connectivity index (χ2n) is 6.50. The zero-order valence-electron chi connectivity index (χ0n) is 13.3. The van der Waals surface area contributed by atoms with Gasteiger partial charge >= 0.3 is 5.97 Å². The lowest BCUT2D eigenvalue weighted by Crippen LogP contribution is -2.65. The van der Waals surface area contributed by atoms with Gasteiger partial charge in [0.15, 0.2) is 6.54 Å². The van der Waals surface area contributed by atoms with Gasteiger partial charge in [0, 0.05) is 0 Å². The SMILES string of the molecule is C[N+](C)(C/C=C/C1=C(C(=O)O)N2[C@H](CC1)[C@H](N)S2=O)CC(N)=O. The van der Waals surface area contributed by atoms with E-state index in [4.69, 9.17) is 11.5 Å². The van der Waals surface area contributed by atoms with Crippen LogP contribution in [-0.4, -0.2) is 68.6 Å². The van der Waals surface area contributed by atoms with Crippen LogP contribution in [0.4, 0.5) is 0 Å². The molecule has 0 bridgehead atoms. The van der Waals surface area contributed by atoms with Crippen molar-refractivity contribution in [1.29, 1.82) is 0 Å². The summed E-state index contributed by atoms with van der Waals surface area (Å²) >= 11 is 0. The fourth-order valence-corrected chi connectivity index (χ4v) is 4.40. The summed E-state index contributed by atoms with van der Waals surface area (Å²) in [5.41, 5.74) is 11.7. The van der Waals surface area contributed by atoms with Gasteiger partial charge in [-0.3, -0.25) is 9.10 Å². The lowest BCUT2D eigenvalue weighted by Gasteiger charge is -2.48. The van der Waals surface area contributed by atoms with E-state index in [1.807, 2.05) is 20.2 Å². The molecule has 2 rings (SSSR count). The Kier molecular flexibility index (Phi) is 4.92. The zero-order chi connectivity index (χ0) is 17.4. The van der Waals surface area contributed by atoms with Crippen LogP contribution in [0.2, 0.25) is 0 Å². The van der Waals surface area contributed by atoms with Crippen molar-refractivity contribution in [3.05, 3.63) is 23.4 Å². The smallest absolute Gasteiger partial charge is 0.353 e. The van der Waals surface area contributed by atoms with Gasteiger partial charge in [-0.25, -0.2) is 9.00 Å². The van der Waals surface area contributed by atoms with Crippen LogP contribution in [0.15, 0.2) is 23.4 Å². The number of quaternary nitrogens is 1. The molecule has 2 aliphatic rings. The molecule has 8 nitrogen and oxygen atoms in total. The number of carbonyl (C=O) groups excluding carboxylic acids is 1. The molecule has 5 N–H and O–H groups in total. The number of hydrogen-bond acceptors (Lipinski definition) is 4. The van der Waals surface area contributed by atoms with Crippen LogP contribution >= 0.6 is 0 Å². The topological polar surface area (TPSA) is 127 Å². The molecule has 23 heavy (non-hydrogen) atoms. The average Bonchev–Trinajstić information content (AvgIpc) is 2.43. The lowest BCUT2D eigenvalue weighted by atomic mass is 9.97. The first kappa shape index (κ1) is 17.6. The van der Waals surface area contributed by atoms with Crippen molar-refractivity contribution in [3.63, 3.8) is 0 Å². The molecule has 1 unspecified atom stereocenters. The minimum absolute atomic E-state index is 0.0674. The van der Waals surface area contributed by atoms with Gasteiger partial charge in [0.25, 0.3) is 5.91 Å². The Bertz CT molecular complexity index is 614. The van der Waals surface area contributed by atoms with Crippen LogP contribution in [0.1, 0.15) is 12.8 Å². The Morgan fingerprint density at radius 3 is 2.70 bits per heavy atom. The molecule has 0 spiro atoms. The number of amides is 1. The van der Waals surface area contributed by atoms with Gasteiger partial charge in [0.05, 0.1) is 26.7 Å². The van der Waals surface area contributed by atoms with Gasteiger partial charge in [-0.15, -0.1) is 0 Å². The Morgan fingerprint density at radius 1 is 1.48 bits per heavy atom. The van der Waals surface area contributed by atoms with Crippen LogP contribution in [0.5, 0.6) is 0 Å². The number of allylic oxidation sites excluding steroid dienone is 2. The molecule has 0 aromatic rings. The van der Waals surface area contributed by atoms with Crippen LogP contribution in [0, 0.1) is 0 Å². The molecule has 2 aliphatic heterocycles. The maximum atomic E-state index is 11.9. The molecule has 128 valence electrons. The van der Waals surface area contributed by atoms with E-state index in [9.17, 15) is 18.9 Å². The third-order valence-corrected chi connectivity index (χ3v) is 5.67. The Labute approximate surface area is 137 Å². The van der Waals surface area contributed by atoms with E-state index >= 15 is 0 Å². The van der Waals surface area contributed by atoms with E-state index in [1.165, 1.54) is 4.31 Å². The van der Waals surface area contributed by atoms with Gasteiger partial charge in [0.2, 0.25) is 0 Å². The predicted molar refractivity (Wildman–Crippen MR) is 85.8 cm³/mol. The molecule has 0 saturated carbocycles. The number of carbonyl (C=O) groups is 2. The molecule has 3 atom stereocenters. The minimum atomic E-state index is -1.48.